The number of carbonyl (C=O) groups excluding carboxylic acids is 2. The van der Waals surface area contributed by atoms with Crippen molar-refractivity contribution in [1.29, 1.82) is 0 Å². The van der Waals surface area contributed by atoms with E-state index < -0.39 is 17.2 Å². The van der Waals surface area contributed by atoms with E-state index in [0.29, 0.717) is 12.8 Å². The van der Waals surface area contributed by atoms with Crippen molar-refractivity contribution in [2.45, 2.75) is 71.4 Å². The first kappa shape index (κ1) is 15.0. The number of amides is 1. The fourth-order valence-corrected chi connectivity index (χ4v) is 2.15. The molecule has 0 aromatic carbocycles. The van der Waals surface area contributed by atoms with Crippen LogP contribution in [0.5, 0.6) is 0 Å². The molecule has 0 aromatic heterocycles. The first-order valence-corrected chi connectivity index (χ1v) is 6.55. The van der Waals surface area contributed by atoms with Gasteiger partial charge in [-0.1, -0.05) is 13.8 Å². The van der Waals surface area contributed by atoms with Gasteiger partial charge in [-0.15, -0.1) is 0 Å². The number of carbonyl (C=O) groups is 2. The highest BCUT2D eigenvalue weighted by Crippen LogP contribution is 2.39. The molecule has 18 heavy (non-hydrogen) atoms. The van der Waals surface area contributed by atoms with E-state index in [4.69, 9.17) is 4.74 Å². The molecule has 0 atom stereocenters. The van der Waals surface area contributed by atoms with Crippen LogP contribution in [0, 0.1) is 5.41 Å². The Morgan fingerprint density at radius 1 is 1.17 bits per heavy atom. The van der Waals surface area contributed by atoms with E-state index in [-0.39, 0.29) is 5.41 Å². The smallest absolute Gasteiger partial charge is 0.408 e. The van der Waals surface area contributed by atoms with Crippen molar-refractivity contribution in [2.24, 2.45) is 5.41 Å². The van der Waals surface area contributed by atoms with Crippen LogP contribution in [0.15, 0.2) is 0 Å². The minimum atomic E-state index is -0.738. The monoisotopic (exact) mass is 255 g/mol. The van der Waals surface area contributed by atoms with Gasteiger partial charge >= 0.3 is 6.09 Å². The third kappa shape index (κ3) is 4.31. The number of hydrogen-bond donors (Lipinski definition) is 1. The molecule has 0 aromatic rings. The third-order valence-corrected chi connectivity index (χ3v) is 3.47. The van der Waals surface area contributed by atoms with E-state index >= 15 is 0 Å². The molecule has 1 saturated carbocycles. The second-order valence-corrected chi connectivity index (χ2v) is 7.07. The highest BCUT2D eigenvalue weighted by Gasteiger charge is 2.40. The van der Waals surface area contributed by atoms with E-state index in [1.807, 2.05) is 20.8 Å². The van der Waals surface area contributed by atoms with Crippen LogP contribution in [-0.4, -0.2) is 23.5 Å². The van der Waals surface area contributed by atoms with E-state index in [1.165, 1.54) is 0 Å². The first-order valence-electron chi connectivity index (χ1n) is 6.55. The summed E-state index contributed by atoms with van der Waals surface area (Å²) in [4.78, 5) is 23.1. The Bertz CT molecular complexity index is 318. The Balaban J connectivity index is 2.63. The van der Waals surface area contributed by atoms with Crippen molar-refractivity contribution < 1.29 is 14.3 Å². The highest BCUT2D eigenvalue weighted by atomic mass is 16.6. The molecule has 0 aliphatic heterocycles. The molecular formula is C14H25NO3. The summed E-state index contributed by atoms with van der Waals surface area (Å²) in [5.41, 5.74) is -1.03. The lowest BCUT2D eigenvalue weighted by molar-refractivity contribution is -0.115. The molecule has 1 aliphatic rings. The van der Waals surface area contributed by atoms with Crippen molar-refractivity contribution in [3.63, 3.8) is 0 Å². The maximum atomic E-state index is 11.8. The Kier molecular flexibility index (Phi) is 4.08. The summed E-state index contributed by atoms with van der Waals surface area (Å²) in [6, 6.07) is 0. The van der Waals surface area contributed by atoms with Crippen LogP contribution >= 0.6 is 0 Å². The Morgan fingerprint density at radius 2 is 1.67 bits per heavy atom. The van der Waals surface area contributed by atoms with Gasteiger partial charge in [-0.2, -0.15) is 0 Å². The molecule has 1 aliphatic carbocycles. The molecule has 0 bridgehead atoms. The average molecular weight is 255 g/mol. The summed E-state index contributed by atoms with van der Waals surface area (Å²) < 4.78 is 5.21. The van der Waals surface area contributed by atoms with Gasteiger partial charge in [0.25, 0.3) is 0 Å². The Hall–Kier alpha value is -1.06. The molecule has 1 N–H and O–H groups in total. The lowest BCUT2D eigenvalue weighted by Gasteiger charge is -2.40. The quantitative estimate of drug-likeness (QED) is 0.772. The summed E-state index contributed by atoms with van der Waals surface area (Å²) in [6.07, 6.45) is 3.59. The topological polar surface area (TPSA) is 55.4 Å². The van der Waals surface area contributed by atoms with Crippen LogP contribution in [0.1, 0.15) is 60.3 Å². The van der Waals surface area contributed by atoms with Crippen molar-refractivity contribution >= 4 is 12.4 Å². The standard InChI is InChI=1S/C14H25NO3/c1-12(2,3)18-11(17)15-14(10-16)8-6-13(4,5)7-9-14/h10H,6-9H2,1-5H3,(H,15,17). The molecule has 4 heteroatoms. The van der Waals surface area contributed by atoms with Gasteiger partial charge in [-0.25, -0.2) is 4.79 Å². The zero-order chi connectivity index (χ0) is 14.0. The van der Waals surface area contributed by atoms with Crippen molar-refractivity contribution in [2.75, 3.05) is 0 Å². The lowest BCUT2D eigenvalue weighted by Crippen LogP contribution is -2.54. The summed E-state index contributed by atoms with van der Waals surface area (Å²) in [7, 11) is 0. The van der Waals surface area contributed by atoms with Gasteiger partial charge in [0.05, 0.1) is 5.54 Å². The predicted octanol–water partition coefficient (Wildman–Crippen LogP) is 3.05. The van der Waals surface area contributed by atoms with E-state index in [0.717, 1.165) is 19.1 Å². The van der Waals surface area contributed by atoms with E-state index in [9.17, 15) is 9.59 Å². The van der Waals surface area contributed by atoms with Crippen molar-refractivity contribution in [3.8, 4) is 0 Å². The molecule has 0 radical (unpaired) electrons. The van der Waals surface area contributed by atoms with Gasteiger partial charge in [0.15, 0.2) is 0 Å². The molecule has 0 spiro atoms. The maximum Gasteiger partial charge on any atom is 0.408 e. The highest BCUT2D eigenvalue weighted by molar-refractivity contribution is 5.76. The van der Waals surface area contributed by atoms with Gasteiger partial charge in [0.1, 0.15) is 11.9 Å². The van der Waals surface area contributed by atoms with E-state index in [2.05, 4.69) is 19.2 Å². The van der Waals surface area contributed by atoms with Crippen LogP contribution < -0.4 is 5.32 Å². The number of alkyl carbamates (subject to hydrolysis) is 1. The zero-order valence-electron chi connectivity index (χ0n) is 12.1. The lowest BCUT2D eigenvalue weighted by atomic mass is 9.70. The Labute approximate surface area is 109 Å². The molecule has 1 rings (SSSR count). The number of hydrogen-bond acceptors (Lipinski definition) is 3. The molecule has 1 amide bonds. The Morgan fingerprint density at radius 3 is 2.06 bits per heavy atom. The summed E-state index contributed by atoms with van der Waals surface area (Å²) in [5.74, 6) is 0. The van der Waals surface area contributed by atoms with Crippen LogP contribution in [0.2, 0.25) is 0 Å². The zero-order valence-corrected chi connectivity index (χ0v) is 12.1. The van der Waals surface area contributed by atoms with Gasteiger partial charge in [-0.05, 0) is 51.9 Å². The van der Waals surface area contributed by atoms with Crippen LogP contribution in [0.4, 0.5) is 4.79 Å². The average Bonchev–Trinajstić information content (AvgIpc) is 2.19. The molecule has 1 fully saturated rings. The summed E-state index contributed by atoms with van der Waals surface area (Å²) in [6.45, 7) is 9.81. The number of rotatable bonds is 2. The number of ether oxygens (including phenoxy) is 1. The minimum absolute atomic E-state index is 0.252. The molecular weight excluding hydrogens is 230 g/mol. The second-order valence-electron chi connectivity index (χ2n) is 7.07. The predicted molar refractivity (Wildman–Crippen MR) is 70.4 cm³/mol. The largest absolute Gasteiger partial charge is 0.444 e. The molecule has 104 valence electrons. The van der Waals surface area contributed by atoms with Gasteiger partial charge < -0.3 is 14.8 Å². The van der Waals surface area contributed by atoms with Gasteiger partial charge in [0.2, 0.25) is 0 Å². The van der Waals surface area contributed by atoms with Gasteiger partial charge in [-0.3, -0.25) is 0 Å². The molecule has 0 heterocycles. The first-order chi connectivity index (χ1) is 8.08. The van der Waals surface area contributed by atoms with Crippen LogP contribution in [-0.2, 0) is 9.53 Å². The fourth-order valence-electron chi connectivity index (χ4n) is 2.15. The molecule has 4 nitrogen and oxygen atoms in total. The maximum absolute atomic E-state index is 11.8. The summed E-state index contributed by atoms with van der Waals surface area (Å²) in [5, 5.41) is 2.75. The van der Waals surface area contributed by atoms with Crippen molar-refractivity contribution in [1.82, 2.24) is 5.32 Å². The number of nitrogens with one attached hydrogen (secondary N) is 1. The normalized spacial score (nSPS) is 22.1. The summed E-state index contributed by atoms with van der Waals surface area (Å²) >= 11 is 0. The number of aldehydes is 1. The minimum Gasteiger partial charge on any atom is -0.444 e. The SMILES string of the molecule is CC1(C)CCC(C=O)(NC(=O)OC(C)(C)C)CC1. The van der Waals surface area contributed by atoms with Crippen molar-refractivity contribution in [3.05, 3.63) is 0 Å². The third-order valence-electron chi connectivity index (χ3n) is 3.47. The molecule has 0 unspecified atom stereocenters. The van der Waals surface area contributed by atoms with Crippen LogP contribution in [0.3, 0.4) is 0 Å². The molecule has 0 saturated heterocycles. The van der Waals surface area contributed by atoms with Gasteiger partial charge in [0, 0.05) is 0 Å². The fraction of sp³-hybridized carbons (Fsp3) is 0.857. The van der Waals surface area contributed by atoms with E-state index in [1.54, 1.807) is 0 Å². The second kappa shape index (κ2) is 4.90. The van der Waals surface area contributed by atoms with Crippen LogP contribution in [0.25, 0.3) is 0 Å².